The maximum Gasteiger partial charge on any atom is 0.330 e. The minimum atomic E-state index is -4.03. The number of rotatable bonds is 8. The number of hydrogen-bond donors (Lipinski definition) is 2. The molecule has 0 aliphatic carbocycles. The quantitative estimate of drug-likeness (QED) is 0.186. The van der Waals surface area contributed by atoms with Crippen LogP contribution in [0.5, 0.6) is 0 Å². The maximum absolute atomic E-state index is 13.0. The molecule has 2 N–H and O–H groups in total. The Balaban J connectivity index is 1.51. The number of nitrogens with zero attached hydrogens (tertiary/aromatic N) is 1. The zero-order valence-electron chi connectivity index (χ0n) is 20.4. The van der Waals surface area contributed by atoms with Gasteiger partial charge in [0, 0.05) is 29.2 Å². The topological polar surface area (TPSA) is 114 Å². The second kappa shape index (κ2) is 12.1. The largest absolute Gasteiger partial charge is 0.466 e. The number of carbonyl (C=O) groups is 2. The summed E-state index contributed by atoms with van der Waals surface area (Å²) < 4.78 is 33.0. The number of methoxy groups -OCH3 is 1. The number of aromatic nitrogens is 1. The van der Waals surface area contributed by atoms with Crippen molar-refractivity contribution in [1.29, 1.82) is 0 Å². The van der Waals surface area contributed by atoms with Crippen molar-refractivity contribution in [2.24, 2.45) is 0 Å². The molecule has 1 aromatic heterocycles. The molecular weight excluding hydrogens is 561 g/mol. The lowest BCUT2D eigenvalue weighted by molar-refractivity contribution is -0.134. The van der Waals surface area contributed by atoms with Gasteiger partial charge in [0.2, 0.25) is 0 Å². The Bertz CT molecular complexity index is 1680. The fraction of sp³-hybridized carbons (Fsp3) is 0.0357. The second-order valence-electron chi connectivity index (χ2n) is 8.09. The van der Waals surface area contributed by atoms with E-state index >= 15 is 0 Å². The van der Waals surface area contributed by atoms with Crippen molar-refractivity contribution in [2.45, 2.75) is 4.90 Å². The SMILES string of the molecule is COC(=O)C=Cc1cccc(NS(=O)(=O)c2ccc(C(=O)Nc3ccc(Cl)c(-c4ccccn4)c3)c(Cl)c2)c1. The van der Waals surface area contributed by atoms with Crippen molar-refractivity contribution < 1.29 is 22.7 Å². The van der Waals surface area contributed by atoms with Crippen LogP contribution in [-0.4, -0.2) is 32.4 Å². The van der Waals surface area contributed by atoms with Gasteiger partial charge in [-0.15, -0.1) is 0 Å². The molecule has 0 radical (unpaired) electrons. The molecule has 0 spiro atoms. The van der Waals surface area contributed by atoms with E-state index in [1.54, 1.807) is 60.8 Å². The van der Waals surface area contributed by atoms with Crippen molar-refractivity contribution in [3.05, 3.63) is 112 Å². The van der Waals surface area contributed by atoms with Gasteiger partial charge in [-0.3, -0.25) is 14.5 Å². The summed E-state index contributed by atoms with van der Waals surface area (Å²) in [6.45, 7) is 0. The number of hydrogen-bond acceptors (Lipinski definition) is 6. The summed E-state index contributed by atoms with van der Waals surface area (Å²) in [5.74, 6) is -1.07. The third kappa shape index (κ3) is 7.02. The monoisotopic (exact) mass is 581 g/mol. The molecule has 0 aliphatic heterocycles. The highest BCUT2D eigenvalue weighted by Crippen LogP contribution is 2.30. The Labute approximate surface area is 235 Å². The van der Waals surface area contributed by atoms with E-state index in [0.29, 0.717) is 27.5 Å². The molecule has 0 unspecified atom stereocenters. The summed E-state index contributed by atoms with van der Waals surface area (Å²) in [7, 11) is -2.78. The molecule has 3 aromatic carbocycles. The molecule has 4 rings (SSSR count). The molecule has 198 valence electrons. The maximum atomic E-state index is 13.0. The minimum Gasteiger partial charge on any atom is -0.466 e. The summed E-state index contributed by atoms with van der Waals surface area (Å²) in [6.07, 6.45) is 4.36. The highest BCUT2D eigenvalue weighted by Gasteiger charge is 2.19. The molecule has 8 nitrogen and oxygen atoms in total. The van der Waals surface area contributed by atoms with Crippen LogP contribution in [0.2, 0.25) is 10.0 Å². The van der Waals surface area contributed by atoms with Gasteiger partial charge >= 0.3 is 5.97 Å². The van der Waals surface area contributed by atoms with Crippen molar-refractivity contribution in [2.75, 3.05) is 17.1 Å². The Morgan fingerprint density at radius 1 is 0.897 bits per heavy atom. The number of amides is 1. The Hall–Kier alpha value is -4.18. The lowest BCUT2D eigenvalue weighted by Crippen LogP contribution is -2.15. The number of benzene rings is 3. The lowest BCUT2D eigenvalue weighted by Gasteiger charge is -2.12. The van der Waals surface area contributed by atoms with Crippen molar-refractivity contribution in [1.82, 2.24) is 4.98 Å². The number of carbonyl (C=O) groups excluding carboxylic acids is 2. The average molecular weight is 582 g/mol. The van der Waals surface area contributed by atoms with Crippen LogP contribution >= 0.6 is 23.2 Å². The molecule has 11 heteroatoms. The van der Waals surface area contributed by atoms with Crippen molar-refractivity contribution in [3.8, 4) is 11.3 Å². The third-order valence-electron chi connectivity index (χ3n) is 5.41. The summed E-state index contributed by atoms with van der Waals surface area (Å²) in [4.78, 5) is 28.4. The van der Waals surface area contributed by atoms with Crippen LogP contribution in [-0.2, 0) is 19.6 Å². The molecule has 4 aromatic rings. The minimum absolute atomic E-state index is 0.0518. The van der Waals surface area contributed by atoms with Gasteiger partial charge in [-0.05, 0) is 72.3 Å². The average Bonchev–Trinajstić information content (AvgIpc) is 2.93. The van der Waals surface area contributed by atoms with Crippen LogP contribution in [0.1, 0.15) is 15.9 Å². The molecule has 0 saturated heterocycles. The van der Waals surface area contributed by atoms with Crippen molar-refractivity contribution >= 4 is 62.6 Å². The number of anilines is 2. The Morgan fingerprint density at radius 2 is 1.72 bits per heavy atom. The van der Waals surface area contributed by atoms with Gasteiger partial charge in [0.05, 0.1) is 33.3 Å². The normalized spacial score (nSPS) is 11.3. The first-order valence-corrected chi connectivity index (χ1v) is 13.6. The fourth-order valence-corrected chi connectivity index (χ4v) is 5.14. The second-order valence-corrected chi connectivity index (χ2v) is 10.6. The number of ether oxygens (including phenoxy) is 1. The molecule has 0 bridgehead atoms. The van der Waals surface area contributed by atoms with E-state index in [9.17, 15) is 18.0 Å². The van der Waals surface area contributed by atoms with E-state index in [-0.39, 0.29) is 21.2 Å². The summed E-state index contributed by atoms with van der Waals surface area (Å²) in [5.41, 5.74) is 2.67. The predicted molar refractivity (Wildman–Crippen MR) is 152 cm³/mol. The standard InChI is InChI=1S/C28H21Cl2N3O5S/c1-38-27(34)13-8-18-5-4-6-20(15-18)33-39(36,37)21-10-11-22(25(30)17-21)28(35)32-19-9-12-24(29)23(16-19)26-7-2-3-14-31-26/h2-17,33H,1H3,(H,32,35). The van der Waals surface area contributed by atoms with Gasteiger partial charge in [-0.25, -0.2) is 13.2 Å². The van der Waals surface area contributed by atoms with E-state index in [0.717, 1.165) is 0 Å². The molecule has 0 atom stereocenters. The summed E-state index contributed by atoms with van der Waals surface area (Å²) >= 11 is 12.6. The van der Waals surface area contributed by atoms with Crippen LogP contribution in [0.25, 0.3) is 17.3 Å². The number of sulfonamides is 1. The van der Waals surface area contributed by atoms with Crippen LogP contribution in [0.15, 0.2) is 96.0 Å². The van der Waals surface area contributed by atoms with E-state index in [1.807, 2.05) is 6.07 Å². The first kappa shape index (κ1) is 27.8. The van der Waals surface area contributed by atoms with E-state index < -0.39 is 21.9 Å². The molecule has 39 heavy (non-hydrogen) atoms. The number of halogens is 2. The summed E-state index contributed by atoms with van der Waals surface area (Å²) in [6, 6.07) is 20.6. The van der Waals surface area contributed by atoms with Gasteiger partial charge in [-0.2, -0.15) is 0 Å². The number of nitrogens with one attached hydrogen (secondary N) is 2. The van der Waals surface area contributed by atoms with Crippen LogP contribution in [0.4, 0.5) is 11.4 Å². The lowest BCUT2D eigenvalue weighted by atomic mass is 10.1. The zero-order chi connectivity index (χ0) is 28.0. The fourth-order valence-electron chi connectivity index (χ4n) is 3.52. The first-order chi connectivity index (χ1) is 18.7. The van der Waals surface area contributed by atoms with E-state index in [4.69, 9.17) is 23.2 Å². The van der Waals surface area contributed by atoms with Gasteiger partial charge in [0.1, 0.15) is 0 Å². The predicted octanol–water partition coefficient (Wildman–Crippen LogP) is 6.29. The highest BCUT2D eigenvalue weighted by atomic mass is 35.5. The molecule has 0 fully saturated rings. The molecular formula is C28H21Cl2N3O5S. The molecule has 1 amide bonds. The van der Waals surface area contributed by atoms with Gasteiger partial charge in [0.25, 0.3) is 15.9 Å². The van der Waals surface area contributed by atoms with Crippen molar-refractivity contribution in [3.63, 3.8) is 0 Å². The van der Waals surface area contributed by atoms with E-state index in [2.05, 4.69) is 19.8 Å². The zero-order valence-corrected chi connectivity index (χ0v) is 22.7. The Morgan fingerprint density at radius 3 is 2.44 bits per heavy atom. The molecule has 0 aliphatic rings. The van der Waals surface area contributed by atoms with Gasteiger partial charge < -0.3 is 10.1 Å². The molecule has 0 saturated carbocycles. The molecule has 1 heterocycles. The number of pyridine rings is 1. The van der Waals surface area contributed by atoms with E-state index in [1.165, 1.54) is 37.5 Å². The van der Waals surface area contributed by atoms with Gasteiger partial charge in [0.15, 0.2) is 0 Å². The Kier molecular flexibility index (Phi) is 8.65. The first-order valence-electron chi connectivity index (χ1n) is 11.4. The smallest absolute Gasteiger partial charge is 0.330 e. The van der Waals surface area contributed by atoms with Crippen LogP contribution in [0.3, 0.4) is 0 Å². The van der Waals surface area contributed by atoms with Crippen LogP contribution < -0.4 is 10.0 Å². The summed E-state index contributed by atoms with van der Waals surface area (Å²) in [5, 5.41) is 3.17. The highest BCUT2D eigenvalue weighted by molar-refractivity contribution is 7.92. The van der Waals surface area contributed by atoms with Crippen LogP contribution in [0, 0.1) is 0 Å². The van der Waals surface area contributed by atoms with Gasteiger partial charge in [-0.1, -0.05) is 41.4 Å². The third-order valence-corrected chi connectivity index (χ3v) is 7.43. The number of esters is 1.